The fraction of sp³-hybridized carbons (Fsp3) is 0.120. The van der Waals surface area contributed by atoms with Crippen molar-refractivity contribution in [1.82, 2.24) is 0 Å². The van der Waals surface area contributed by atoms with Crippen LogP contribution in [0, 0.1) is 28.4 Å². The first-order chi connectivity index (χ1) is 15.9. The van der Waals surface area contributed by atoms with Crippen molar-refractivity contribution in [2.45, 2.75) is 6.92 Å². The minimum Gasteiger partial charge on any atom is -0.493 e. The molecule has 0 saturated heterocycles. The summed E-state index contributed by atoms with van der Waals surface area (Å²) in [5, 5.41) is 23.3. The number of methoxy groups -OCH3 is 1. The fourth-order valence-corrected chi connectivity index (χ4v) is 3.00. The highest BCUT2D eigenvalue weighted by Gasteiger charge is 2.11. The number of carbonyl (C=O) groups is 1. The van der Waals surface area contributed by atoms with E-state index in [0.717, 1.165) is 5.56 Å². The SMILES string of the molecule is COc1cc(C=C(C#N)c2cccc([N+](=O)[O-])c2)ccc1OCC(=O)Nc1ccc(C)cc1. The summed E-state index contributed by atoms with van der Waals surface area (Å²) < 4.78 is 11.0. The monoisotopic (exact) mass is 443 g/mol. The summed E-state index contributed by atoms with van der Waals surface area (Å²) in [4.78, 5) is 22.7. The number of hydrogen-bond acceptors (Lipinski definition) is 6. The van der Waals surface area contributed by atoms with Crippen molar-refractivity contribution in [1.29, 1.82) is 5.26 Å². The molecule has 0 heterocycles. The average molecular weight is 443 g/mol. The van der Waals surface area contributed by atoms with Gasteiger partial charge in [-0.05, 0) is 48.4 Å². The van der Waals surface area contributed by atoms with Crippen molar-refractivity contribution >= 4 is 28.9 Å². The highest BCUT2D eigenvalue weighted by molar-refractivity contribution is 5.92. The summed E-state index contributed by atoms with van der Waals surface area (Å²) in [5.41, 5.74) is 2.98. The largest absolute Gasteiger partial charge is 0.493 e. The third-order valence-corrected chi connectivity index (χ3v) is 4.68. The molecule has 166 valence electrons. The number of amides is 1. The van der Waals surface area contributed by atoms with Gasteiger partial charge in [0.05, 0.1) is 23.7 Å². The number of nitro benzene ring substituents is 1. The summed E-state index contributed by atoms with van der Waals surface area (Å²) in [6.07, 6.45) is 1.59. The van der Waals surface area contributed by atoms with Gasteiger partial charge < -0.3 is 14.8 Å². The minimum atomic E-state index is -0.511. The third kappa shape index (κ3) is 6.18. The van der Waals surface area contributed by atoms with Crippen molar-refractivity contribution in [3.8, 4) is 17.6 Å². The maximum Gasteiger partial charge on any atom is 0.270 e. The molecule has 0 radical (unpaired) electrons. The number of hydrogen-bond donors (Lipinski definition) is 1. The molecule has 1 N–H and O–H groups in total. The van der Waals surface area contributed by atoms with E-state index in [4.69, 9.17) is 9.47 Å². The van der Waals surface area contributed by atoms with Crippen LogP contribution in [0.5, 0.6) is 11.5 Å². The number of aryl methyl sites for hydroxylation is 1. The predicted molar refractivity (Wildman–Crippen MR) is 125 cm³/mol. The van der Waals surface area contributed by atoms with Crippen LogP contribution in [0.2, 0.25) is 0 Å². The molecule has 8 nitrogen and oxygen atoms in total. The molecule has 0 atom stereocenters. The van der Waals surface area contributed by atoms with E-state index in [2.05, 4.69) is 11.4 Å². The van der Waals surface area contributed by atoms with Gasteiger partial charge in [0.2, 0.25) is 0 Å². The minimum absolute atomic E-state index is 0.0982. The van der Waals surface area contributed by atoms with E-state index >= 15 is 0 Å². The van der Waals surface area contributed by atoms with Crippen molar-refractivity contribution in [3.63, 3.8) is 0 Å². The predicted octanol–water partition coefficient (Wildman–Crippen LogP) is 4.99. The van der Waals surface area contributed by atoms with Crippen LogP contribution >= 0.6 is 0 Å². The Hall–Kier alpha value is -4.64. The first-order valence-corrected chi connectivity index (χ1v) is 9.93. The smallest absolute Gasteiger partial charge is 0.270 e. The number of nitrogens with one attached hydrogen (secondary N) is 1. The van der Waals surface area contributed by atoms with Gasteiger partial charge in [0.15, 0.2) is 18.1 Å². The Labute approximate surface area is 190 Å². The number of benzene rings is 3. The van der Waals surface area contributed by atoms with Crippen LogP contribution in [0.4, 0.5) is 11.4 Å². The van der Waals surface area contributed by atoms with Gasteiger partial charge in [0, 0.05) is 17.8 Å². The zero-order valence-electron chi connectivity index (χ0n) is 18.1. The molecule has 3 aromatic carbocycles. The van der Waals surface area contributed by atoms with E-state index in [1.807, 2.05) is 31.2 Å². The summed E-state index contributed by atoms with van der Waals surface area (Å²) in [7, 11) is 1.47. The molecule has 3 rings (SSSR count). The van der Waals surface area contributed by atoms with Gasteiger partial charge in [-0.2, -0.15) is 5.26 Å². The van der Waals surface area contributed by atoms with Gasteiger partial charge >= 0.3 is 0 Å². The number of rotatable bonds is 8. The summed E-state index contributed by atoms with van der Waals surface area (Å²) in [5.74, 6) is 0.424. The standard InChI is InChI=1S/C25H21N3O5/c1-17-6-9-21(10-7-17)27-25(29)16-33-23-11-8-18(13-24(23)32-2)12-20(15-26)19-4-3-5-22(14-19)28(30)31/h3-14H,16H2,1-2H3,(H,27,29). The van der Waals surface area contributed by atoms with Crippen molar-refractivity contribution in [2.75, 3.05) is 19.0 Å². The summed E-state index contributed by atoms with van der Waals surface area (Å²) in [6.45, 7) is 1.75. The molecule has 0 aromatic heterocycles. The van der Waals surface area contributed by atoms with Crippen LogP contribution in [-0.2, 0) is 4.79 Å². The lowest BCUT2D eigenvalue weighted by Gasteiger charge is -2.12. The van der Waals surface area contributed by atoms with Gasteiger partial charge in [-0.3, -0.25) is 14.9 Å². The van der Waals surface area contributed by atoms with Crippen LogP contribution in [0.3, 0.4) is 0 Å². The van der Waals surface area contributed by atoms with E-state index in [1.54, 1.807) is 30.3 Å². The van der Waals surface area contributed by atoms with Crippen LogP contribution in [0.1, 0.15) is 16.7 Å². The van der Waals surface area contributed by atoms with E-state index in [9.17, 15) is 20.2 Å². The Morgan fingerprint density at radius 2 is 1.88 bits per heavy atom. The molecule has 1 amide bonds. The quantitative estimate of drug-likeness (QED) is 0.227. The number of nitriles is 1. The summed E-state index contributed by atoms with van der Waals surface area (Å²) >= 11 is 0. The molecule has 0 aliphatic rings. The first kappa shape index (κ1) is 23.0. The molecule has 8 heteroatoms. The third-order valence-electron chi connectivity index (χ3n) is 4.68. The normalized spacial score (nSPS) is 10.8. The maximum atomic E-state index is 12.2. The zero-order valence-corrected chi connectivity index (χ0v) is 18.1. The first-order valence-electron chi connectivity index (χ1n) is 9.93. The molecule has 0 spiro atoms. The number of nitrogens with zero attached hydrogens (tertiary/aromatic N) is 2. The number of allylic oxidation sites excluding steroid dienone is 1. The van der Waals surface area contributed by atoms with Crippen molar-refractivity contribution in [3.05, 3.63) is 93.5 Å². The fourth-order valence-electron chi connectivity index (χ4n) is 3.00. The summed E-state index contributed by atoms with van der Waals surface area (Å²) in [6, 6.07) is 20.3. The van der Waals surface area contributed by atoms with Gasteiger partial charge in [0.25, 0.3) is 11.6 Å². The second kappa shape index (κ2) is 10.6. The number of carbonyl (C=O) groups excluding carboxylic acids is 1. The second-order valence-corrected chi connectivity index (χ2v) is 7.09. The van der Waals surface area contributed by atoms with Gasteiger partial charge in [0.1, 0.15) is 0 Å². The number of ether oxygens (including phenoxy) is 2. The van der Waals surface area contributed by atoms with Crippen LogP contribution in [-0.4, -0.2) is 24.5 Å². The lowest BCUT2D eigenvalue weighted by atomic mass is 10.0. The highest BCUT2D eigenvalue weighted by atomic mass is 16.6. The van der Waals surface area contributed by atoms with Gasteiger partial charge in [-0.1, -0.05) is 35.9 Å². The molecule has 0 unspecified atom stereocenters. The number of nitro groups is 1. The highest BCUT2D eigenvalue weighted by Crippen LogP contribution is 2.30. The van der Waals surface area contributed by atoms with E-state index in [1.165, 1.54) is 25.3 Å². The molecular formula is C25H21N3O5. The van der Waals surface area contributed by atoms with E-state index in [0.29, 0.717) is 28.3 Å². The van der Waals surface area contributed by atoms with Crippen LogP contribution in [0.15, 0.2) is 66.7 Å². The Morgan fingerprint density at radius 3 is 2.55 bits per heavy atom. The number of non-ortho nitro benzene ring substituents is 1. The van der Waals surface area contributed by atoms with Crippen LogP contribution < -0.4 is 14.8 Å². The Balaban J connectivity index is 1.74. The topological polar surface area (TPSA) is 114 Å². The Bertz CT molecular complexity index is 1240. The molecule has 0 aliphatic heterocycles. The zero-order chi connectivity index (χ0) is 23.8. The second-order valence-electron chi connectivity index (χ2n) is 7.09. The molecular weight excluding hydrogens is 422 g/mol. The Morgan fingerprint density at radius 1 is 1.12 bits per heavy atom. The molecule has 0 bridgehead atoms. The van der Waals surface area contributed by atoms with Crippen LogP contribution in [0.25, 0.3) is 11.6 Å². The van der Waals surface area contributed by atoms with E-state index < -0.39 is 4.92 Å². The number of anilines is 1. The Kier molecular flexibility index (Phi) is 7.39. The average Bonchev–Trinajstić information content (AvgIpc) is 2.83. The molecule has 33 heavy (non-hydrogen) atoms. The lowest BCUT2D eigenvalue weighted by molar-refractivity contribution is -0.384. The lowest BCUT2D eigenvalue weighted by Crippen LogP contribution is -2.20. The van der Waals surface area contributed by atoms with Gasteiger partial charge in [-0.15, -0.1) is 0 Å². The molecule has 0 fully saturated rings. The maximum absolute atomic E-state index is 12.2. The van der Waals surface area contributed by atoms with E-state index in [-0.39, 0.29) is 23.8 Å². The molecule has 0 aliphatic carbocycles. The van der Waals surface area contributed by atoms with Gasteiger partial charge in [-0.25, -0.2) is 0 Å². The molecule has 3 aromatic rings. The molecule has 0 saturated carbocycles. The van der Waals surface area contributed by atoms with Crippen molar-refractivity contribution < 1.29 is 19.2 Å². The van der Waals surface area contributed by atoms with Crippen molar-refractivity contribution in [2.24, 2.45) is 0 Å².